The Morgan fingerprint density at radius 3 is 2.73 bits per heavy atom. The lowest BCUT2D eigenvalue weighted by Crippen LogP contribution is -2.29. The quantitative estimate of drug-likeness (QED) is 0.737. The number of ether oxygens (including phenoxy) is 1. The molecule has 0 saturated carbocycles. The van der Waals surface area contributed by atoms with Crippen LogP contribution < -0.4 is 0 Å². The minimum atomic E-state index is 0.0708. The molecule has 0 aromatic heterocycles. The highest BCUT2D eigenvalue weighted by Gasteiger charge is 2.22. The Kier molecular flexibility index (Phi) is 3.17. The summed E-state index contributed by atoms with van der Waals surface area (Å²) in [4.78, 5) is 11.6. The molecule has 1 aromatic rings. The third kappa shape index (κ3) is 2.66. The van der Waals surface area contributed by atoms with Crippen molar-refractivity contribution in [1.29, 1.82) is 0 Å². The Morgan fingerprint density at radius 1 is 1.33 bits per heavy atom. The molecule has 2 heteroatoms. The molecule has 0 aliphatic carbocycles. The van der Waals surface area contributed by atoms with Gasteiger partial charge in [-0.25, -0.2) is 0 Å². The Bertz CT molecular complexity index is 340. The van der Waals surface area contributed by atoms with E-state index < -0.39 is 0 Å². The molecule has 1 fully saturated rings. The van der Waals surface area contributed by atoms with E-state index in [2.05, 4.69) is 31.2 Å². The lowest BCUT2D eigenvalue weighted by Gasteiger charge is -2.20. The summed E-state index contributed by atoms with van der Waals surface area (Å²) in [6.45, 7) is 3.26. The molecule has 15 heavy (non-hydrogen) atoms. The fourth-order valence-corrected chi connectivity index (χ4v) is 1.88. The molecular weight excluding hydrogens is 188 g/mol. The van der Waals surface area contributed by atoms with E-state index in [0.717, 1.165) is 6.42 Å². The van der Waals surface area contributed by atoms with E-state index in [1.165, 1.54) is 11.1 Å². The predicted molar refractivity (Wildman–Crippen MR) is 58.8 cm³/mol. The number of benzene rings is 1. The average Bonchev–Trinajstić information content (AvgIpc) is 2.25. The van der Waals surface area contributed by atoms with Crippen LogP contribution in [0.3, 0.4) is 0 Å². The standard InChI is InChI=1S/C13H16O2/c1-10-2-4-11(5-3-10)8-12-9-15-7-6-13(12)14/h2-5,12H,6-9H2,1H3. The van der Waals surface area contributed by atoms with Gasteiger partial charge in [-0.3, -0.25) is 4.79 Å². The Labute approximate surface area is 90.3 Å². The predicted octanol–water partition coefficient (Wildman–Crippen LogP) is 2.14. The number of rotatable bonds is 2. The SMILES string of the molecule is Cc1ccc(CC2COCCC2=O)cc1. The summed E-state index contributed by atoms with van der Waals surface area (Å²) in [5.41, 5.74) is 2.48. The summed E-state index contributed by atoms with van der Waals surface area (Å²) < 4.78 is 5.33. The van der Waals surface area contributed by atoms with Crippen LogP contribution in [0, 0.1) is 12.8 Å². The van der Waals surface area contributed by atoms with E-state index in [1.54, 1.807) is 0 Å². The lowest BCUT2D eigenvalue weighted by atomic mass is 9.93. The molecule has 0 N–H and O–H groups in total. The Balaban J connectivity index is 2.01. The summed E-state index contributed by atoms with van der Waals surface area (Å²) in [6.07, 6.45) is 1.40. The number of carbonyl (C=O) groups is 1. The monoisotopic (exact) mass is 204 g/mol. The van der Waals surface area contributed by atoms with Gasteiger partial charge in [-0.2, -0.15) is 0 Å². The van der Waals surface area contributed by atoms with Crippen molar-refractivity contribution in [2.75, 3.05) is 13.2 Å². The highest BCUT2D eigenvalue weighted by atomic mass is 16.5. The molecule has 80 valence electrons. The number of aryl methyl sites for hydroxylation is 1. The van der Waals surface area contributed by atoms with Crippen molar-refractivity contribution in [2.24, 2.45) is 5.92 Å². The second-order valence-corrected chi connectivity index (χ2v) is 4.18. The van der Waals surface area contributed by atoms with E-state index in [1.807, 2.05) is 0 Å². The van der Waals surface area contributed by atoms with Crippen LogP contribution >= 0.6 is 0 Å². The summed E-state index contributed by atoms with van der Waals surface area (Å²) in [5.74, 6) is 0.420. The third-order valence-electron chi connectivity index (χ3n) is 2.87. The maximum atomic E-state index is 11.6. The molecule has 1 saturated heterocycles. The minimum Gasteiger partial charge on any atom is -0.380 e. The topological polar surface area (TPSA) is 26.3 Å². The summed E-state index contributed by atoms with van der Waals surface area (Å²) >= 11 is 0. The lowest BCUT2D eigenvalue weighted by molar-refractivity contribution is -0.130. The molecule has 0 radical (unpaired) electrons. The van der Waals surface area contributed by atoms with Crippen molar-refractivity contribution in [3.05, 3.63) is 35.4 Å². The van der Waals surface area contributed by atoms with Crippen molar-refractivity contribution in [2.45, 2.75) is 19.8 Å². The smallest absolute Gasteiger partial charge is 0.140 e. The molecule has 1 aliphatic heterocycles. The first-order valence-electron chi connectivity index (χ1n) is 5.42. The van der Waals surface area contributed by atoms with Crippen LogP contribution in [-0.2, 0) is 16.0 Å². The Morgan fingerprint density at radius 2 is 2.07 bits per heavy atom. The fourth-order valence-electron chi connectivity index (χ4n) is 1.88. The van der Waals surface area contributed by atoms with E-state index in [0.29, 0.717) is 25.4 Å². The van der Waals surface area contributed by atoms with Crippen molar-refractivity contribution >= 4 is 5.78 Å². The second kappa shape index (κ2) is 4.58. The first kappa shape index (κ1) is 10.4. The molecule has 1 aromatic carbocycles. The molecule has 0 amide bonds. The molecule has 2 rings (SSSR count). The maximum Gasteiger partial charge on any atom is 0.140 e. The molecule has 0 bridgehead atoms. The molecule has 1 unspecified atom stereocenters. The van der Waals surface area contributed by atoms with Crippen LogP contribution in [0.5, 0.6) is 0 Å². The fraction of sp³-hybridized carbons (Fsp3) is 0.462. The third-order valence-corrected chi connectivity index (χ3v) is 2.87. The van der Waals surface area contributed by atoms with Gasteiger partial charge in [0.1, 0.15) is 5.78 Å². The van der Waals surface area contributed by atoms with E-state index >= 15 is 0 Å². The number of hydrogen-bond donors (Lipinski definition) is 0. The van der Waals surface area contributed by atoms with Crippen molar-refractivity contribution < 1.29 is 9.53 Å². The van der Waals surface area contributed by atoms with Gasteiger partial charge < -0.3 is 4.74 Å². The highest BCUT2D eigenvalue weighted by Crippen LogP contribution is 2.16. The summed E-state index contributed by atoms with van der Waals surface area (Å²) in [5, 5.41) is 0. The van der Waals surface area contributed by atoms with Crippen LogP contribution in [0.4, 0.5) is 0 Å². The van der Waals surface area contributed by atoms with Crippen LogP contribution in [0.15, 0.2) is 24.3 Å². The van der Waals surface area contributed by atoms with Gasteiger partial charge in [0.2, 0.25) is 0 Å². The number of Topliss-reactive ketones (excluding diaryl/α,β-unsaturated/α-hetero) is 1. The van der Waals surface area contributed by atoms with Gasteiger partial charge in [0, 0.05) is 12.3 Å². The van der Waals surface area contributed by atoms with E-state index in [9.17, 15) is 4.79 Å². The molecule has 1 aliphatic rings. The molecular formula is C13H16O2. The van der Waals surface area contributed by atoms with Gasteiger partial charge in [-0.15, -0.1) is 0 Å². The zero-order valence-corrected chi connectivity index (χ0v) is 9.03. The molecule has 1 heterocycles. The highest BCUT2D eigenvalue weighted by molar-refractivity contribution is 5.82. The van der Waals surface area contributed by atoms with Crippen molar-refractivity contribution in [3.8, 4) is 0 Å². The van der Waals surface area contributed by atoms with Crippen LogP contribution in [0.25, 0.3) is 0 Å². The minimum absolute atomic E-state index is 0.0708. The van der Waals surface area contributed by atoms with Crippen LogP contribution in [0.2, 0.25) is 0 Å². The van der Waals surface area contributed by atoms with Gasteiger partial charge in [0.05, 0.1) is 13.2 Å². The van der Waals surface area contributed by atoms with Crippen molar-refractivity contribution in [1.82, 2.24) is 0 Å². The average molecular weight is 204 g/mol. The molecule has 1 atom stereocenters. The zero-order chi connectivity index (χ0) is 10.7. The Hall–Kier alpha value is -1.15. The summed E-state index contributed by atoms with van der Waals surface area (Å²) in [7, 11) is 0. The summed E-state index contributed by atoms with van der Waals surface area (Å²) in [6, 6.07) is 8.36. The first-order chi connectivity index (χ1) is 7.25. The number of carbonyl (C=O) groups excluding carboxylic acids is 1. The van der Waals surface area contributed by atoms with Crippen LogP contribution in [-0.4, -0.2) is 19.0 Å². The molecule has 2 nitrogen and oxygen atoms in total. The normalized spacial score (nSPS) is 21.7. The molecule has 0 spiro atoms. The van der Waals surface area contributed by atoms with E-state index in [-0.39, 0.29) is 5.92 Å². The van der Waals surface area contributed by atoms with Crippen molar-refractivity contribution in [3.63, 3.8) is 0 Å². The van der Waals surface area contributed by atoms with E-state index in [4.69, 9.17) is 4.74 Å². The van der Waals surface area contributed by atoms with Gasteiger partial charge in [-0.1, -0.05) is 29.8 Å². The second-order valence-electron chi connectivity index (χ2n) is 4.18. The number of ketones is 1. The first-order valence-corrected chi connectivity index (χ1v) is 5.42. The number of hydrogen-bond acceptors (Lipinski definition) is 2. The van der Waals surface area contributed by atoms with Gasteiger partial charge in [0.25, 0.3) is 0 Å². The van der Waals surface area contributed by atoms with Gasteiger partial charge >= 0.3 is 0 Å². The van der Waals surface area contributed by atoms with Crippen LogP contribution in [0.1, 0.15) is 17.5 Å². The van der Waals surface area contributed by atoms with Gasteiger partial charge in [0.15, 0.2) is 0 Å². The zero-order valence-electron chi connectivity index (χ0n) is 9.03. The van der Waals surface area contributed by atoms with Gasteiger partial charge in [-0.05, 0) is 18.9 Å². The maximum absolute atomic E-state index is 11.6. The largest absolute Gasteiger partial charge is 0.380 e.